The fourth-order valence-electron chi connectivity index (χ4n) is 16.4. The first-order valence-electron chi connectivity index (χ1n) is 27.8. The van der Waals surface area contributed by atoms with Crippen molar-refractivity contribution in [3.8, 4) is 0 Å². The number of aliphatic carboxylic acids is 3. The summed E-state index contributed by atoms with van der Waals surface area (Å²) < 4.78 is 104. The Bertz CT molecular complexity index is 2830. The van der Waals surface area contributed by atoms with Crippen LogP contribution in [0.4, 0.5) is 0 Å². The molecule has 0 spiro atoms. The zero-order chi connectivity index (χ0) is 58.0. The molecule has 0 amide bonds. The van der Waals surface area contributed by atoms with Crippen LogP contribution in [0.3, 0.4) is 0 Å². The van der Waals surface area contributed by atoms with E-state index in [0.29, 0.717) is 75.5 Å². The third kappa shape index (κ3) is 13.3. The first-order valence-corrected chi connectivity index (χ1v) is 32.6. The van der Waals surface area contributed by atoms with E-state index in [4.69, 9.17) is 0 Å². The van der Waals surface area contributed by atoms with Gasteiger partial charge in [0, 0.05) is 51.4 Å². The molecule has 0 unspecified atom stereocenters. The molecule has 9 atom stereocenters. The van der Waals surface area contributed by atoms with E-state index in [1.165, 1.54) is 33.4 Å². The van der Waals surface area contributed by atoms with Crippen LogP contribution in [0.2, 0.25) is 0 Å². The van der Waals surface area contributed by atoms with Crippen molar-refractivity contribution in [2.45, 2.75) is 193 Å². The van der Waals surface area contributed by atoms with Crippen LogP contribution < -0.4 is 15.3 Å². The first kappa shape index (κ1) is 68.3. The molecule has 6 aliphatic carbocycles. The number of rotatable bonds is 12. The summed E-state index contributed by atoms with van der Waals surface area (Å²) in [6, 6.07) is 19.1. The van der Waals surface area contributed by atoms with Gasteiger partial charge in [0.2, 0.25) is 0 Å². The summed E-state index contributed by atoms with van der Waals surface area (Å²) in [4.78, 5) is 36.3. The smallest absolute Gasteiger partial charge is 0.748 e. The van der Waals surface area contributed by atoms with Gasteiger partial charge in [-0.1, -0.05) is 136 Å². The number of hydrogen-bond donors (Lipinski definition) is 0. The van der Waals surface area contributed by atoms with Gasteiger partial charge in [0.25, 0.3) is 0 Å². The Morgan fingerprint density at radius 2 is 0.662 bits per heavy atom. The molecule has 3 aromatic rings. The van der Waals surface area contributed by atoms with E-state index in [1.807, 2.05) is 20.8 Å². The predicted octanol–water partition coefficient (Wildman–Crippen LogP) is 5.52. The second kappa shape index (κ2) is 24.9. The molecule has 0 aromatic heterocycles. The number of benzene rings is 3. The van der Waals surface area contributed by atoms with Gasteiger partial charge in [-0.15, -0.1) is 0 Å². The van der Waals surface area contributed by atoms with Crippen molar-refractivity contribution in [2.75, 3.05) is 17.3 Å². The molecule has 0 heterocycles. The van der Waals surface area contributed by atoms with E-state index in [0.717, 1.165) is 36.0 Å². The van der Waals surface area contributed by atoms with Crippen molar-refractivity contribution in [3.63, 3.8) is 0 Å². The Labute approximate surface area is 513 Å². The van der Waals surface area contributed by atoms with E-state index >= 15 is 0 Å². The van der Waals surface area contributed by atoms with Gasteiger partial charge in [0.15, 0.2) is 0 Å². The zero-order valence-electron chi connectivity index (χ0n) is 47.6. The maximum atomic E-state index is 12.1. The summed E-state index contributed by atoms with van der Waals surface area (Å²) in [5.41, 5.74) is 4.55. The molecule has 15 nitrogen and oxygen atoms in total. The molecule has 20 heteroatoms. The Balaban J connectivity index is 0.000000218. The summed E-state index contributed by atoms with van der Waals surface area (Å²) in [5, 5.41) is 36.3. The van der Waals surface area contributed by atoms with Gasteiger partial charge < -0.3 is 43.4 Å². The molecule has 0 bridgehead atoms. The molecule has 6 aliphatic rings. The molecule has 9 rings (SSSR count). The van der Waals surface area contributed by atoms with Crippen LogP contribution >= 0.6 is 0 Å². The maximum Gasteiger partial charge on any atom is 3.00 e. The summed E-state index contributed by atoms with van der Waals surface area (Å²) in [6.07, 6.45) is 8.45. The zero-order valence-corrected chi connectivity index (χ0v) is 57.0. The van der Waals surface area contributed by atoms with Crippen molar-refractivity contribution in [3.05, 3.63) is 105 Å². The predicted molar refractivity (Wildman–Crippen MR) is 298 cm³/mol. The van der Waals surface area contributed by atoms with Crippen LogP contribution in [0.25, 0.3) is 0 Å². The quantitative estimate of drug-likeness (QED) is 0.159. The second-order valence-electron chi connectivity index (χ2n) is 25.7. The monoisotopic (exact) mass is 1550 g/mol. The summed E-state index contributed by atoms with van der Waals surface area (Å²) in [5.74, 6) is -6.80. The van der Waals surface area contributed by atoms with Gasteiger partial charge in [-0.3, -0.25) is 0 Å². The number of carbonyl (C=O) groups excluding carboxylic acids is 3. The third-order valence-corrected chi connectivity index (χ3v) is 22.7. The van der Waals surface area contributed by atoms with Gasteiger partial charge in [-0.2, -0.15) is 0 Å². The van der Waals surface area contributed by atoms with E-state index in [-0.39, 0.29) is 71.7 Å². The van der Waals surface area contributed by atoms with Crippen molar-refractivity contribution >= 4 is 101 Å². The normalized spacial score (nSPS) is 30.6. The molecule has 436 valence electrons. The molecule has 3 fully saturated rings. The number of carboxylic acid groups (broad SMARTS) is 3. The van der Waals surface area contributed by atoms with Crippen LogP contribution in [-0.2, 0) is 80.2 Å². The van der Waals surface area contributed by atoms with Crippen molar-refractivity contribution in [2.24, 2.45) is 34.0 Å². The molecule has 80 heavy (non-hydrogen) atoms. The molecule has 3 aromatic carbocycles. The number of fused-ring (bicyclic) bond motifs is 9. The van der Waals surface area contributed by atoms with Crippen molar-refractivity contribution < 1.29 is 68.6 Å². The molecule has 0 N–H and O–H groups in total. The summed E-state index contributed by atoms with van der Waals surface area (Å²) >= 11 is 0. The van der Waals surface area contributed by atoms with Gasteiger partial charge in [0.05, 0.1) is 30.4 Å². The van der Waals surface area contributed by atoms with Gasteiger partial charge >= 0.3 is 52.4 Å². The Hall–Kier alpha value is -2.43. The molecular formula is C60H78Bi2O15S3. The molecule has 0 saturated heterocycles. The SMILES string of the molecule is CC(C)c1ccc2c(c1)CC[C@H]1[C@@](CS(=O)(=O)[O-])(C(=O)[O-])CCC[C@]21C.CC(C)c1ccc2c(c1)CC[C@H]1[C@@](CS(=O)(=O)[O-])(C(=O)[O-])CCC[C@]21C.CC(C)c1ccc2c(c1)CC[C@H]1[C@@](CS(=O)(=O)[O-])(C(=O)[O-])CCC[C@]21C.[Bi+3].[Bi+3]. The van der Waals surface area contributed by atoms with E-state index in [9.17, 15) is 68.6 Å². The maximum absolute atomic E-state index is 12.1. The van der Waals surface area contributed by atoms with Crippen LogP contribution in [0.15, 0.2) is 54.6 Å². The van der Waals surface area contributed by atoms with Gasteiger partial charge in [-0.25, -0.2) is 25.3 Å². The number of aryl methyl sites for hydroxylation is 3. The number of hydrogen-bond acceptors (Lipinski definition) is 15. The average Bonchev–Trinajstić information content (AvgIpc) is 3.32. The largest absolute Gasteiger partial charge is 3.00 e. The number of carboxylic acids is 3. The summed E-state index contributed by atoms with van der Waals surface area (Å²) in [7, 11) is -14.0. The molecule has 3 saturated carbocycles. The minimum absolute atomic E-state index is 0. The molecular weight excluding hydrogens is 1470 g/mol. The topological polar surface area (TPSA) is 292 Å². The summed E-state index contributed by atoms with van der Waals surface area (Å²) in [6.45, 7) is 18.9. The standard InChI is InChI=1S/3C20H28O5S.2Bi/c3*1-13(2)14-5-7-16-15(11-14)6-8-17-19(16,3)9-4-10-20(17,18(21)22)12-26(23,24)25;;/h3*5,7,11,13,17H,4,6,8-10,12H2,1-3H3,(H,21,22)(H,23,24,25);;/q;;;2*+3/p-6/t3*17-,19-,20-;;/m111../s1. The minimum Gasteiger partial charge on any atom is -0.748 e. The fourth-order valence-corrected chi connectivity index (χ4v) is 19.7. The Morgan fingerprint density at radius 3 is 0.850 bits per heavy atom. The average molecular weight is 1550 g/mol. The van der Waals surface area contributed by atoms with E-state index in [2.05, 4.69) is 96.1 Å². The second-order valence-corrected chi connectivity index (χ2v) is 29.9. The van der Waals surface area contributed by atoms with E-state index < -0.39 is 116 Å². The minimum atomic E-state index is -4.67. The van der Waals surface area contributed by atoms with Gasteiger partial charge in [-0.05, 0) is 179 Å². The first-order chi connectivity index (χ1) is 36.0. The molecule has 0 aliphatic heterocycles. The van der Waals surface area contributed by atoms with Gasteiger partial charge in [0.1, 0.15) is 0 Å². The van der Waals surface area contributed by atoms with Crippen LogP contribution in [-0.4, -0.2) is 126 Å². The number of carbonyl (C=O) groups is 3. The van der Waals surface area contributed by atoms with Crippen molar-refractivity contribution in [1.29, 1.82) is 0 Å². The van der Waals surface area contributed by atoms with Crippen LogP contribution in [0.1, 0.15) is 207 Å². The van der Waals surface area contributed by atoms with E-state index in [1.54, 1.807) is 0 Å². The third-order valence-electron chi connectivity index (χ3n) is 20.1. The Kier molecular flexibility index (Phi) is 21.3. The van der Waals surface area contributed by atoms with Crippen molar-refractivity contribution in [1.82, 2.24) is 0 Å². The Morgan fingerprint density at radius 1 is 0.438 bits per heavy atom. The fraction of sp³-hybridized carbons (Fsp3) is 0.650. The van der Waals surface area contributed by atoms with Crippen LogP contribution in [0, 0.1) is 34.0 Å². The van der Waals surface area contributed by atoms with Crippen LogP contribution in [0.5, 0.6) is 0 Å². The molecule has 4 radical (unpaired) electrons.